The molecule has 0 atom stereocenters. The zero-order chi connectivity index (χ0) is 14.9. The molecule has 20 heavy (non-hydrogen) atoms. The molecule has 2 N–H and O–H groups in total. The molecule has 0 unspecified atom stereocenters. The van der Waals surface area contributed by atoms with Crippen LogP contribution in [-0.4, -0.2) is 14.7 Å². The summed E-state index contributed by atoms with van der Waals surface area (Å²) in [7, 11) is -3.15. The first-order valence-electron chi connectivity index (χ1n) is 6.43. The number of hydrogen-bond acceptors (Lipinski definition) is 3. The fourth-order valence-corrected chi connectivity index (χ4v) is 3.01. The molecule has 0 bridgehead atoms. The zero-order valence-electron chi connectivity index (χ0n) is 12.0. The molecule has 0 heterocycles. The van der Waals surface area contributed by atoms with Gasteiger partial charge in [-0.2, -0.15) is 0 Å². The molecule has 3 nitrogen and oxygen atoms in total. The summed E-state index contributed by atoms with van der Waals surface area (Å²) in [6.45, 7) is 4.62. The summed E-state index contributed by atoms with van der Waals surface area (Å²) in [5.41, 5.74) is 11.3. The van der Waals surface area contributed by atoms with E-state index in [0.29, 0.717) is 11.4 Å². The molecule has 0 aliphatic carbocycles. The molecule has 0 saturated carbocycles. The fraction of sp³-hybridized carbons (Fsp3) is 0.250. The van der Waals surface area contributed by atoms with Crippen LogP contribution in [0.5, 0.6) is 0 Å². The van der Waals surface area contributed by atoms with E-state index in [1.54, 1.807) is 12.1 Å². The van der Waals surface area contributed by atoms with Crippen molar-refractivity contribution >= 4 is 9.84 Å². The van der Waals surface area contributed by atoms with Crippen molar-refractivity contribution < 1.29 is 8.42 Å². The minimum atomic E-state index is -3.15. The molecule has 0 amide bonds. The maximum atomic E-state index is 11.5. The van der Waals surface area contributed by atoms with Gasteiger partial charge in [-0.1, -0.05) is 24.3 Å². The highest BCUT2D eigenvalue weighted by atomic mass is 32.2. The Morgan fingerprint density at radius 3 is 1.85 bits per heavy atom. The molecule has 0 aliphatic rings. The smallest absolute Gasteiger partial charge is 0.175 e. The summed E-state index contributed by atoms with van der Waals surface area (Å²) in [4.78, 5) is 0.341. The fourth-order valence-electron chi connectivity index (χ4n) is 2.38. The van der Waals surface area contributed by atoms with E-state index < -0.39 is 9.84 Å². The predicted octanol–water partition coefficient (Wildman–Crippen LogP) is 2.83. The molecule has 2 aromatic rings. The van der Waals surface area contributed by atoms with Gasteiger partial charge in [0.05, 0.1) is 4.90 Å². The van der Waals surface area contributed by atoms with Gasteiger partial charge in [-0.15, -0.1) is 0 Å². The van der Waals surface area contributed by atoms with Crippen molar-refractivity contribution in [1.82, 2.24) is 0 Å². The van der Waals surface area contributed by atoms with Crippen LogP contribution in [0.2, 0.25) is 0 Å². The van der Waals surface area contributed by atoms with Crippen LogP contribution in [0.3, 0.4) is 0 Å². The van der Waals surface area contributed by atoms with Crippen LogP contribution in [0, 0.1) is 13.8 Å². The van der Waals surface area contributed by atoms with Gasteiger partial charge in [0, 0.05) is 12.8 Å². The molecule has 4 heteroatoms. The van der Waals surface area contributed by atoms with Crippen molar-refractivity contribution in [2.75, 3.05) is 6.26 Å². The van der Waals surface area contributed by atoms with Gasteiger partial charge in [-0.05, 0) is 53.8 Å². The Morgan fingerprint density at radius 1 is 0.950 bits per heavy atom. The first-order chi connectivity index (χ1) is 9.32. The van der Waals surface area contributed by atoms with E-state index in [-0.39, 0.29) is 0 Å². The van der Waals surface area contributed by atoms with Gasteiger partial charge in [-0.25, -0.2) is 8.42 Å². The zero-order valence-corrected chi connectivity index (χ0v) is 12.8. The van der Waals surface area contributed by atoms with E-state index in [4.69, 9.17) is 5.73 Å². The maximum absolute atomic E-state index is 11.5. The van der Waals surface area contributed by atoms with Gasteiger partial charge in [-0.3, -0.25) is 0 Å². The number of rotatable bonds is 3. The summed E-state index contributed by atoms with van der Waals surface area (Å²) < 4.78 is 22.9. The predicted molar refractivity (Wildman–Crippen MR) is 82.4 cm³/mol. The number of hydrogen-bond donors (Lipinski definition) is 1. The number of aryl methyl sites for hydroxylation is 2. The summed E-state index contributed by atoms with van der Waals surface area (Å²) in [6.07, 6.45) is 1.21. The van der Waals surface area contributed by atoms with Gasteiger partial charge in [0.2, 0.25) is 0 Å². The SMILES string of the molecule is Cc1cc(-c2ccc(S(C)(=O)=O)cc2)cc(C)c1CN. The second-order valence-corrected chi connectivity index (χ2v) is 7.10. The van der Waals surface area contributed by atoms with Crippen molar-refractivity contribution in [3.05, 3.63) is 53.1 Å². The topological polar surface area (TPSA) is 60.2 Å². The lowest BCUT2D eigenvalue weighted by Gasteiger charge is -2.11. The van der Waals surface area contributed by atoms with Crippen molar-refractivity contribution in [3.63, 3.8) is 0 Å². The Labute approximate surface area is 120 Å². The third-order valence-corrected chi connectivity index (χ3v) is 4.64. The molecular weight excluding hydrogens is 270 g/mol. The summed E-state index contributed by atoms with van der Waals surface area (Å²) >= 11 is 0. The molecule has 0 fully saturated rings. The monoisotopic (exact) mass is 289 g/mol. The minimum absolute atomic E-state index is 0.341. The second-order valence-electron chi connectivity index (χ2n) is 5.09. The lowest BCUT2D eigenvalue weighted by molar-refractivity contribution is 0.602. The average molecular weight is 289 g/mol. The van der Waals surface area contributed by atoms with Crippen LogP contribution in [0.25, 0.3) is 11.1 Å². The van der Waals surface area contributed by atoms with Crippen LogP contribution in [0.4, 0.5) is 0 Å². The standard InChI is InChI=1S/C16H19NO2S/c1-11-8-14(9-12(2)16(11)10-17)13-4-6-15(7-5-13)20(3,18)19/h4-9H,10,17H2,1-3H3. The third-order valence-electron chi connectivity index (χ3n) is 3.52. The highest BCUT2D eigenvalue weighted by Gasteiger charge is 2.08. The first kappa shape index (κ1) is 14.8. The van der Waals surface area contributed by atoms with Crippen molar-refractivity contribution in [1.29, 1.82) is 0 Å². The second kappa shape index (κ2) is 5.38. The first-order valence-corrected chi connectivity index (χ1v) is 8.32. The molecule has 0 spiro atoms. The maximum Gasteiger partial charge on any atom is 0.175 e. The summed E-state index contributed by atoms with van der Waals surface area (Å²) in [5, 5.41) is 0. The van der Waals surface area contributed by atoms with E-state index in [9.17, 15) is 8.42 Å². The van der Waals surface area contributed by atoms with Crippen molar-refractivity contribution in [2.24, 2.45) is 5.73 Å². The molecule has 2 aromatic carbocycles. The third kappa shape index (κ3) is 2.92. The van der Waals surface area contributed by atoms with Gasteiger partial charge in [0.25, 0.3) is 0 Å². The Balaban J connectivity index is 2.47. The number of sulfone groups is 1. The lowest BCUT2D eigenvalue weighted by Crippen LogP contribution is -2.02. The van der Waals surface area contributed by atoms with Gasteiger partial charge < -0.3 is 5.73 Å². The van der Waals surface area contributed by atoms with Crippen molar-refractivity contribution in [3.8, 4) is 11.1 Å². The van der Waals surface area contributed by atoms with Crippen molar-refractivity contribution in [2.45, 2.75) is 25.3 Å². The number of benzene rings is 2. The molecule has 106 valence electrons. The summed E-state index contributed by atoms with van der Waals surface area (Å²) in [6, 6.07) is 11.1. The minimum Gasteiger partial charge on any atom is -0.326 e. The Bertz CT molecular complexity index is 709. The van der Waals surface area contributed by atoms with Gasteiger partial charge in [0.15, 0.2) is 9.84 Å². The molecule has 0 radical (unpaired) electrons. The quantitative estimate of drug-likeness (QED) is 0.945. The van der Waals surface area contributed by atoms with Gasteiger partial charge in [0.1, 0.15) is 0 Å². The van der Waals surface area contributed by atoms with E-state index in [0.717, 1.165) is 22.3 Å². The Hall–Kier alpha value is -1.65. The van der Waals surface area contributed by atoms with E-state index in [2.05, 4.69) is 12.1 Å². The Morgan fingerprint density at radius 2 is 1.45 bits per heavy atom. The highest BCUT2D eigenvalue weighted by molar-refractivity contribution is 7.90. The van der Waals surface area contributed by atoms with E-state index in [1.165, 1.54) is 11.8 Å². The molecule has 0 saturated heterocycles. The average Bonchev–Trinajstić information content (AvgIpc) is 2.37. The van der Waals surface area contributed by atoms with Gasteiger partial charge >= 0.3 is 0 Å². The van der Waals surface area contributed by atoms with Crippen LogP contribution >= 0.6 is 0 Å². The molecule has 0 aromatic heterocycles. The number of nitrogens with two attached hydrogens (primary N) is 1. The largest absolute Gasteiger partial charge is 0.326 e. The molecular formula is C16H19NO2S. The van der Waals surface area contributed by atoms with Crippen LogP contribution in [0.1, 0.15) is 16.7 Å². The molecule has 0 aliphatic heterocycles. The normalized spacial score (nSPS) is 11.6. The van der Waals surface area contributed by atoms with E-state index in [1.807, 2.05) is 26.0 Å². The Kier molecular flexibility index (Phi) is 3.97. The van der Waals surface area contributed by atoms with Crippen LogP contribution < -0.4 is 5.73 Å². The highest BCUT2D eigenvalue weighted by Crippen LogP contribution is 2.26. The van der Waals surface area contributed by atoms with Crippen LogP contribution in [-0.2, 0) is 16.4 Å². The lowest BCUT2D eigenvalue weighted by atomic mass is 9.96. The van der Waals surface area contributed by atoms with E-state index >= 15 is 0 Å². The summed E-state index contributed by atoms with van der Waals surface area (Å²) in [5.74, 6) is 0. The van der Waals surface area contributed by atoms with Crippen LogP contribution in [0.15, 0.2) is 41.3 Å². The molecule has 2 rings (SSSR count).